The molecule has 0 amide bonds. The number of para-hydroxylation sites is 1. The number of hydrogen-bond acceptors (Lipinski definition) is 2. The summed E-state index contributed by atoms with van der Waals surface area (Å²) in [7, 11) is 2.20. The first-order valence-electron chi connectivity index (χ1n) is 6.69. The minimum Gasteiger partial charge on any atom is -0.374 e. The van der Waals surface area contributed by atoms with E-state index in [4.69, 9.17) is 5.73 Å². The van der Waals surface area contributed by atoms with Crippen LogP contribution in [0.3, 0.4) is 0 Å². The zero-order valence-electron chi connectivity index (χ0n) is 11.0. The zero-order chi connectivity index (χ0) is 12.3. The quantitative estimate of drug-likeness (QED) is 0.868. The standard InChI is InChI=1S/C15H24N2/c1-12-6-3-4-9-15(12)17(2)11-13-7-5-8-14(16)10-13/h3-4,6,9,13-14H,5,7-8,10-11,16H2,1-2H3. The van der Waals surface area contributed by atoms with Crippen LogP contribution in [0.15, 0.2) is 24.3 Å². The van der Waals surface area contributed by atoms with E-state index in [2.05, 4.69) is 43.1 Å². The Labute approximate surface area is 105 Å². The molecule has 0 bridgehead atoms. The molecule has 0 aromatic heterocycles. The molecule has 94 valence electrons. The average Bonchev–Trinajstić information content (AvgIpc) is 2.29. The molecular formula is C15H24N2. The Balaban J connectivity index is 1.97. The molecule has 2 heteroatoms. The maximum atomic E-state index is 6.05. The Morgan fingerprint density at radius 2 is 2.06 bits per heavy atom. The third-order valence-corrected chi connectivity index (χ3v) is 3.88. The lowest BCUT2D eigenvalue weighted by molar-refractivity contribution is 0.326. The van der Waals surface area contributed by atoms with E-state index in [9.17, 15) is 0 Å². The van der Waals surface area contributed by atoms with Crippen LogP contribution in [0.1, 0.15) is 31.2 Å². The average molecular weight is 232 g/mol. The summed E-state index contributed by atoms with van der Waals surface area (Å²) in [5.41, 5.74) is 8.76. The second-order valence-electron chi connectivity index (χ2n) is 5.46. The molecule has 0 radical (unpaired) electrons. The first kappa shape index (κ1) is 12.4. The zero-order valence-corrected chi connectivity index (χ0v) is 11.0. The fraction of sp³-hybridized carbons (Fsp3) is 0.600. The van der Waals surface area contributed by atoms with Gasteiger partial charge in [-0.1, -0.05) is 24.6 Å². The minimum atomic E-state index is 0.430. The maximum absolute atomic E-state index is 6.05. The van der Waals surface area contributed by atoms with Crippen molar-refractivity contribution in [1.29, 1.82) is 0 Å². The highest BCUT2D eigenvalue weighted by Crippen LogP contribution is 2.26. The fourth-order valence-corrected chi connectivity index (χ4v) is 2.98. The summed E-state index contributed by atoms with van der Waals surface area (Å²) in [5, 5.41) is 0. The fourth-order valence-electron chi connectivity index (χ4n) is 2.98. The first-order chi connectivity index (χ1) is 8.16. The van der Waals surface area contributed by atoms with Crippen molar-refractivity contribution < 1.29 is 0 Å². The van der Waals surface area contributed by atoms with Crippen LogP contribution < -0.4 is 10.6 Å². The van der Waals surface area contributed by atoms with E-state index in [-0.39, 0.29) is 0 Å². The Morgan fingerprint density at radius 3 is 2.76 bits per heavy atom. The lowest BCUT2D eigenvalue weighted by atomic mass is 9.86. The molecule has 1 fully saturated rings. The lowest BCUT2D eigenvalue weighted by Crippen LogP contribution is -2.34. The number of hydrogen-bond donors (Lipinski definition) is 1. The van der Waals surface area contributed by atoms with Crippen LogP contribution >= 0.6 is 0 Å². The van der Waals surface area contributed by atoms with Crippen LogP contribution in [0.2, 0.25) is 0 Å². The van der Waals surface area contributed by atoms with E-state index in [0.29, 0.717) is 6.04 Å². The number of benzene rings is 1. The van der Waals surface area contributed by atoms with Gasteiger partial charge >= 0.3 is 0 Å². The van der Waals surface area contributed by atoms with Crippen LogP contribution in [0.25, 0.3) is 0 Å². The van der Waals surface area contributed by atoms with Gasteiger partial charge in [-0.05, 0) is 43.7 Å². The summed E-state index contributed by atoms with van der Waals surface area (Å²) in [4.78, 5) is 2.39. The number of anilines is 1. The second-order valence-corrected chi connectivity index (χ2v) is 5.46. The SMILES string of the molecule is Cc1ccccc1N(C)CC1CCCC(N)C1. The van der Waals surface area contributed by atoms with E-state index in [1.165, 1.54) is 36.9 Å². The molecule has 2 rings (SSSR count). The monoisotopic (exact) mass is 232 g/mol. The van der Waals surface area contributed by atoms with Crippen molar-refractivity contribution in [2.75, 3.05) is 18.5 Å². The Hall–Kier alpha value is -1.02. The van der Waals surface area contributed by atoms with Crippen LogP contribution in [-0.4, -0.2) is 19.6 Å². The molecule has 2 unspecified atom stereocenters. The molecule has 0 aliphatic heterocycles. The molecule has 17 heavy (non-hydrogen) atoms. The lowest BCUT2D eigenvalue weighted by Gasteiger charge is -2.31. The van der Waals surface area contributed by atoms with Crippen molar-refractivity contribution in [3.05, 3.63) is 29.8 Å². The van der Waals surface area contributed by atoms with Gasteiger partial charge in [0.15, 0.2) is 0 Å². The molecule has 1 aromatic carbocycles. The van der Waals surface area contributed by atoms with Crippen LogP contribution in [0, 0.1) is 12.8 Å². The normalized spacial score (nSPS) is 24.6. The molecule has 1 aromatic rings. The van der Waals surface area contributed by atoms with E-state index >= 15 is 0 Å². The predicted octanol–water partition coefficient (Wildman–Crippen LogP) is 2.95. The van der Waals surface area contributed by atoms with Crippen molar-refractivity contribution in [2.45, 2.75) is 38.6 Å². The topological polar surface area (TPSA) is 29.3 Å². The molecule has 0 saturated heterocycles. The van der Waals surface area contributed by atoms with Gasteiger partial charge in [0.05, 0.1) is 0 Å². The minimum absolute atomic E-state index is 0.430. The largest absolute Gasteiger partial charge is 0.374 e. The van der Waals surface area contributed by atoms with Gasteiger partial charge in [-0.2, -0.15) is 0 Å². The van der Waals surface area contributed by atoms with Crippen molar-refractivity contribution in [2.24, 2.45) is 11.7 Å². The molecule has 0 spiro atoms. The maximum Gasteiger partial charge on any atom is 0.0393 e. The van der Waals surface area contributed by atoms with Gasteiger partial charge in [-0.3, -0.25) is 0 Å². The predicted molar refractivity (Wildman–Crippen MR) is 74.4 cm³/mol. The summed E-state index contributed by atoms with van der Waals surface area (Å²) in [6.45, 7) is 3.32. The smallest absolute Gasteiger partial charge is 0.0393 e. The van der Waals surface area contributed by atoms with Crippen molar-refractivity contribution in [1.82, 2.24) is 0 Å². The summed E-state index contributed by atoms with van der Waals surface area (Å²) >= 11 is 0. The summed E-state index contributed by atoms with van der Waals surface area (Å²) in [6, 6.07) is 9.03. The Morgan fingerprint density at radius 1 is 1.29 bits per heavy atom. The Kier molecular flexibility index (Phi) is 4.06. The van der Waals surface area contributed by atoms with Crippen molar-refractivity contribution in [3.63, 3.8) is 0 Å². The highest BCUT2D eigenvalue weighted by Gasteiger charge is 2.20. The molecule has 0 heterocycles. The van der Waals surface area contributed by atoms with Gasteiger partial charge in [-0.25, -0.2) is 0 Å². The highest BCUT2D eigenvalue weighted by atomic mass is 15.1. The number of rotatable bonds is 3. The van der Waals surface area contributed by atoms with Gasteiger partial charge in [0.2, 0.25) is 0 Å². The first-order valence-corrected chi connectivity index (χ1v) is 6.69. The molecular weight excluding hydrogens is 208 g/mol. The van der Waals surface area contributed by atoms with Gasteiger partial charge in [0.1, 0.15) is 0 Å². The van der Waals surface area contributed by atoms with Gasteiger partial charge in [0, 0.05) is 25.3 Å². The van der Waals surface area contributed by atoms with Crippen molar-refractivity contribution in [3.8, 4) is 0 Å². The third kappa shape index (κ3) is 3.22. The molecule has 2 N–H and O–H groups in total. The Bertz CT molecular complexity index is 362. The van der Waals surface area contributed by atoms with Crippen LogP contribution in [-0.2, 0) is 0 Å². The van der Waals surface area contributed by atoms with E-state index in [0.717, 1.165) is 12.5 Å². The van der Waals surface area contributed by atoms with Crippen LogP contribution in [0.5, 0.6) is 0 Å². The van der Waals surface area contributed by atoms with Gasteiger partial charge < -0.3 is 10.6 Å². The van der Waals surface area contributed by atoms with Gasteiger partial charge in [-0.15, -0.1) is 0 Å². The molecule has 2 nitrogen and oxygen atoms in total. The number of aryl methyl sites for hydroxylation is 1. The third-order valence-electron chi connectivity index (χ3n) is 3.88. The second kappa shape index (κ2) is 5.54. The number of nitrogens with two attached hydrogens (primary N) is 1. The summed E-state index contributed by atoms with van der Waals surface area (Å²) in [5.74, 6) is 0.767. The van der Waals surface area contributed by atoms with Crippen LogP contribution in [0.4, 0.5) is 5.69 Å². The van der Waals surface area contributed by atoms with E-state index in [1.54, 1.807) is 0 Å². The van der Waals surface area contributed by atoms with E-state index in [1.807, 2.05) is 0 Å². The van der Waals surface area contributed by atoms with Gasteiger partial charge in [0.25, 0.3) is 0 Å². The molecule has 1 saturated carbocycles. The molecule has 1 aliphatic carbocycles. The summed E-state index contributed by atoms with van der Waals surface area (Å²) in [6.07, 6.45) is 5.04. The molecule has 1 aliphatic rings. The summed E-state index contributed by atoms with van der Waals surface area (Å²) < 4.78 is 0. The molecule has 2 atom stereocenters. The van der Waals surface area contributed by atoms with E-state index < -0.39 is 0 Å². The highest BCUT2D eigenvalue weighted by molar-refractivity contribution is 5.52. The number of nitrogens with zero attached hydrogens (tertiary/aromatic N) is 1. The van der Waals surface area contributed by atoms with Crippen molar-refractivity contribution >= 4 is 5.69 Å².